The van der Waals surface area contributed by atoms with E-state index in [4.69, 9.17) is 0 Å². The molecule has 2 heterocycles. The number of barbiturate groups is 1. The first kappa shape index (κ1) is 25.8. The Bertz CT molecular complexity index is 1690. The second kappa shape index (κ2) is 10.4. The minimum atomic E-state index is -0.846. The van der Waals surface area contributed by atoms with Gasteiger partial charge < -0.3 is 5.11 Å². The Morgan fingerprint density at radius 3 is 2.21 bits per heavy atom. The number of amides is 4. The van der Waals surface area contributed by atoms with Crippen molar-refractivity contribution in [2.24, 2.45) is 0 Å². The summed E-state index contributed by atoms with van der Waals surface area (Å²) in [5.74, 6) is -2.16. The maximum Gasteiger partial charge on any atom is 0.335 e. The Kier molecular flexibility index (Phi) is 7.06. The van der Waals surface area contributed by atoms with Gasteiger partial charge in [0.15, 0.2) is 0 Å². The zero-order valence-electron chi connectivity index (χ0n) is 20.8. The number of aryl methyl sites for hydroxylation is 2. The van der Waals surface area contributed by atoms with Crippen LogP contribution in [-0.4, -0.2) is 32.5 Å². The van der Waals surface area contributed by atoms with Gasteiger partial charge in [0.05, 0.1) is 11.4 Å². The van der Waals surface area contributed by atoms with E-state index in [1.165, 1.54) is 24.3 Å². The molecule has 0 saturated carbocycles. The van der Waals surface area contributed by atoms with Crippen LogP contribution in [0.4, 0.5) is 10.5 Å². The summed E-state index contributed by atoms with van der Waals surface area (Å²) in [6.45, 7) is 5.28. The number of nitrogens with one attached hydrogen (secondary N) is 2. The standard InChI is InChI=1S/C28H24N4O6/c1-16(10-12-21-23(33)29-27(37)31(25(21)35)19-8-4-6-17(2)14-19)11-13-22-24(34)30-28(38)32(26(22)36)20-9-5-7-18(3)15-20/h4-15,35H,1-3H3,(H,29,33,37)(H,30,34,38)/b12-10+,16-11+,22-13+. The molecular formula is C28H24N4O6. The van der Waals surface area contributed by atoms with Crippen molar-refractivity contribution in [1.82, 2.24) is 14.9 Å². The molecule has 1 fully saturated rings. The number of H-pyrrole nitrogens is 1. The number of nitrogens with zero attached hydrogens (tertiary/aromatic N) is 2. The number of carbonyl (C=O) groups is 3. The maximum absolute atomic E-state index is 13.0. The molecule has 1 saturated heterocycles. The van der Waals surface area contributed by atoms with E-state index in [0.717, 1.165) is 20.6 Å². The topological polar surface area (TPSA) is 142 Å². The van der Waals surface area contributed by atoms with Crippen molar-refractivity contribution in [3.8, 4) is 11.6 Å². The molecule has 0 spiro atoms. The van der Waals surface area contributed by atoms with E-state index in [2.05, 4.69) is 10.3 Å². The lowest BCUT2D eigenvalue weighted by Crippen LogP contribution is -2.54. The number of imide groups is 2. The van der Waals surface area contributed by atoms with Crippen LogP contribution in [-0.2, 0) is 9.59 Å². The molecule has 0 unspecified atom stereocenters. The summed E-state index contributed by atoms with van der Waals surface area (Å²) in [5, 5.41) is 12.9. The molecule has 4 rings (SSSR count). The van der Waals surface area contributed by atoms with Crippen molar-refractivity contribution >= 4 is 29.6 Å². The molecule has 1 aliphatic rings. The van der Waals surface area contributed by atoms with E-state index >= 15 is 0 Å². The minimum absolute atomic E-state index is 0.158. The van der Waals surface area contributed by atoms with Crippen molar-refractivity contribution < 1.29 is 19.5 Å². The van der Waals surface area contributed by atoms with Gasteiger partial charge in [-0.25, -0.2) is 19.1 Å². The number of hydrogen-bond acceptors (Lipinski definition) is 6. The van der Waals surface area contributed by atoms with Gasteiger partial charge in [-0.1, -0.05) is 42.0 Å². The van der Waals surface area contributed by atoms with Gasteiger partial charge in [-0.3, -0.25) is 24.7 Å². The van der Waals surface area contributed by atoms with Crippen LogP contribution in [0.5, 0.6) is 5.88 Å². The van der Waals surface area contributed by atoms with Crippen molar-refractivity contribution in [2.45, 2.75) is 20.8 Å². The van der Waals surface area contributed by atoms with Gasteiger partial charge in [-0.2, -0.15) is 0 Å². The number of aromatic hydroxyl groups is 1. The van der Waals surface area contributed by atoms with Gasteiger partial charge in [0.1, 0.15) is 11.1 Å². The van der Waals surface area contributed by atoms with Gasteiger partial charge in [0.25, 0.3) is 17.4 Å². The molecule has 0 radical (unpaired) electrons. The Morgan fingerprint density at radius 2 is 1.55 bits per heavy atom. The number of anilines is 1. The number of aromatic nitrogens is 2. The summed E-state index contributed by atoms with van der Waals surface area (Å²) in [5.41, 5.74) is 0.904. The van der Waals surface area contributed by atoms with Gasteiger partial charge >= 0.3 is 11.7 Å². The Labute approximate surface area is 216 Å². The van der Waals surface area contributed by atoms with Gasteiger partial charge in [-0.15, -0.1) is 0 Å². The highest BCUT2D eigenvalue weighted by Gasteiger charge is 2.36. The first-order chi connectivity index (χ1) is 18.1. The fourth-order valence-corrected chi connectivity index (χ4v) is 3.86. The molecule has 38 heavy (non-hydrogen) atoms. The Balaban J connectivity index is 1.65. The number of aromatic amines is 1. The van der Waals surface area contributed by atoms with Crippen LogP contribution in [0, 0.1) is 13.8 Å². The highest BCUT2D eigenvalue weighted by molar-refractivity contribution is 6.37. The number of allylic oxidation sites excluding steroid dienone is 4. The lowest BCUT2D eigenvalue weighted by Gasteiger charge is -2.26. The SMILES string of the molecule is CC(/C=C/c1c(O)n(-c2cccc(C)c2)c(=O)[nH]c1=O)=C\C=C1/C(=O)NC(=O)N(c2cccc(C)c2)C1=O. The first-order valence-electron chi connectivity index (χ1n) is 11.5. The number of benzene rings is 2. The molecular weight excluding hydrogens is 488 g/mol. The molecule has 1 aromatic heterocycles. The molecule has 3 aromatic rings. The minimum Gasteiger partial charge on any atom is -0.494 e. The predicted octanol–water partition coefficient (Wildman–Crippen LogP) is 3.02. The predicted molar refractivity (Wildman–Crippen MR) is 142 cm³/mol. The number of rotatable bonds is 5. The molecule has 2 aromatic carbocycles. The maximum atomic E-state index is 13.0. The largest absolute Gasteiger partial charge is 0.494 e. The van der Waals surface area contributed by atoms with E-state index in [-0.39, 0.29) is 11.1 Å². The molecule has 4 amide bonds. The second-order valence-electron chi connectivity index (χ2n) is 8.73. The number of urea groups is 1. The van der Waals surface area contributed by atoms with Crippen molar-refractivity contribution in [3.63, 3.8) is 0 Å². The fraction of sp³-hybridized carbons (Fsp3) is 0.107. The lowest BCUT2D eigenvalue weighted by atomic mass is 10.1. The van der Waals surface area contributed by atoms with Gasteiger partial charge in [-0.05, 0) is 68.3 Å². The average molecular weight is 513 g/mol. The third-order valence-electron chi connectivity index (χ3n) is 5.77. The monoisotopic (exact) mass is 512 g/mol. The molecule has 0 atom stereocenters. The van der Waals surface area contributed by atoms with Gasteiger partial charge in [0, 0.05) is 0 Å². The van der Waals surface area contributed by atoms with Crippen molar-refractivity contribution in [2.75, 3.05) is 4.90 Å². The molecule has 1 aliphatic heterocycles. The number of carbonyl (C=O) groups excluding carboxylic acids is 3. The normalized spacial score (nSPS) is 15.4. The van der Waals surface area contributed by atoms with E-state index in [1.807, 2.05) is 26.0 Å². The summed E-state index contributed by atoms with van der Waals surface area (Å²) < 4.78 is 0.983. The summed E-state index contributed by atoms with van der Waals surface area (Å²) in [6, 6.07) is 12.7. The van der Waals surface area contributed by atoms with E-state index in [9.17, 15) is 29.1 Å². The van der Waals surface area contributed by atoms with Gasteiger partial charge in [0.2, 0.25) is 5.88 Å². The van der Waals surface area contributed by atoms with Crippen LogP contribution in [0.1, 0.15) is 23.6 Å². The first-order valence-corrected chi connectivity index (χ1v) is 11.5. The highest BCUT2D eigenvalue weighted by atomic mass is 16.3. The van der Waals surface area contributed by atoms with E-state index in [1.54, 1.807) is 43.3 Å². The van der Waals surface area contributed by atoms with Crippen LogP contribution < -0.4 is 21.5 Å². The lowest BCUT2D eigenvalue weighted by molar-refractivity contribution is -0.122. The quantitative estimate of drug-likeness (QED) is 0.273. The van der Waals surface area contributed by atoms with Crippen LogP contribution in [0.3, 0.4) is 0 Å². The third-order valence-corrected chi connectivity index (χ3v) is 5.77. The second-order valence-corrected chi connectivity index (χ2v) is 8.73. The molecule has 3 N–H and O–H groups in total. The highest BCUT2D eigenvalue weighted by Crippen LogP contribution is 2.22. The number of hydrogen-bond donors (Lipinski definition) is 3. The van der Waals surface area contributed by atoms with Crippen molar-refractivity contribution in [3.05, 3.63) is 115 Å². The third kappa shape index (κ3) is 5.14. The van der Waals surface area contributed by atoms with Crippen LogP contribution >= 0.6 is 0 Å². The van der Waals surface area contributed by atoms with Crippen LogP contribution in [0.2, 0.25) is 0 Å². The van der Waals surface area contributed by atoms with Crippen LogP contribution in [0.15, 0.2) is 87.5 Å². The summed E-state index contributed by atoms with van der Waals surface area (Å²) in [7, 11) is 0. The molecule has 10 heteroatoms. The fourth-order valence-electron chi connectivity index (χ4n) is 3.86. The molecule has 192 valence electrons. The molecule has 0 aliphatic carbocycles. The smallest absolute Gasteiger partial charge is 0.335 e. The zero-order valence-corrected chi connectivity index (χ0v) is 20.8. The van der Waals surface area contributed by atoms with E-state index in [0.29, 0.717) is 16.9 Å². The molecule has 0 bridgehead atoms. The van der Waals surface area contributed by atoms with E-state index < -0.39 is 35.0 Å². The van der Waals surface area contributed by atoms with Crippen LogP contribution in [0.25, 0.3) is 11.8 Å². The molecule has 10 nitrogen and oxygen atoms in total. The summed E-state index contributed by atoms with van der Waals surface area (Å²) in [6.07, 6.45) is 5.51. The summed E-state index contributed by atoms with van der Waals surface area (Å²) in [4.78, 5) is 65.5. The average Bonchev–Trinajstić information content (AvgIpc) is 2.83. The summed E-state index contributed by atoms with van der Waals surface area (Å²) >= 11 is 0. The Morgan fingerprint density at radius 1 is 0.921 bits per heavy atom. The Hall–Kier alpha value is -5.25. The van der Waals surface area contributed by atoms with Crippen molar-refractivity contribution in [1.29, 1.82) is 0 Å². The zero-order chi connectivity index (χ0) is 27.6.